The summed E-state index contributed by atoms with van der Waals surface area (Å²) in [6, 6.07) is 5.15. The molecule has 0 bridgehead atoms. The van der Waals surface area contributed by atoms with Gasteiger partial charge in [-0.2, -0.15) is 10.2 Å². The number of rotatable bonds is 3. The van der Waals surface area contributed by atoms with Crippen LogP contribution in [0, 0.1) is 6.92 Å². The number of nitrogens with zero attached hydrogens (tertiary/aromatic N) is 3. The van der Waals surface area contributed by atoms with E-state index in [0.717, 1.165) is 16.9 Å². The van der Waals surface area contributed by atoms with E-state index in [2.05, 4.69) is 20.9 Å². The van der Waals surface area contributed by atoms with Crippen LogP contribution < -0.4 is 10.7 Å². The van der Waals surface area contributed by atoms with Gasteiger partial charge < -0.3 is 5.32 Å². The first-order chi connectivity index (χ1) is 9.95. The molecule has 2 rings (SSSR count). The minimum Gasteiger partial charge on any atom is -0.331 e. The molecule has 0 fully saturated rings. The highest BCUT2D eigenvalue weighted by Crippen LogP contribution is 2.24. The van der Waals surface area contributed by atoms with Crippen LogP contribution in [0.3, 0.4) is 0 Å². The summed E-state index contributed by atoms with van der Waals surface area (Å²) < 4.78 is 1.73. The van der Waals surface area contributed by atoms with Gasteiger partial charge in [-0.25, -0.2) is 0 Å². The van der Waals surface area contributed by atoms with Crippen molar-refractivity contribution >= 4 is 52.4 Å². The third kappa shape index (κ3) is 4.42. The Morgan fingerprint density at radius 2 is 2.14 bits per heavy atom. The number of anilines is 1. The maximum atomic E-state index is 5.93. The SMILES string of the molecule is Cc1nn(C)cc1C=NNC(=S)Nc1ccc(Cl)c(Cl)c1. The van der Waals surface area contributed by atoms with Crippen LogP contribution >= 0.6 is 35.4 Å². The second-order valence-corrected chi connectivity index (χ2v) is 5.52. The molecule has 0 unspecified atom stereocenters. The molecule has 0 atom stereocenters. The first-order valence-electron chi connectivity index (χ1n) is 6.01. The van der Waals surface area contributed by atoms with E-state index in [9.17, 15) is 0 Å². The predicted octanol–water partition coefficient (Wildman–Crippen LogP) is 3.36. The van der Waals surface area contributed by atoms with Crippen LogP contribution in [0.5, 0.6) is 0 Å². The quantitative estimate of drug-likeness (QED) is 0.510. The Labute approximate surface area is 137 Å². The maximum absolute atomic E-state index is 5.93. The van der Waals surface area contributed by atoms with Gasteiger partial charge in [-0.05, 0) is 37.3 Å². The third-order valence-corrected chi connectivity index (χ3v) is 3.53. The summed E-state index contributed by atoms with van der Waals surface area (Å²) in [5.41, 5.74) is 5.27. The first kappa shape index (κ1) is 15.8. The van der Waals surface area contributed by atoms with Crippen LogP contribution in [0.2, 0.25) is 10.0 Å². The van der Waals surface area contributed by atoms with Crippen molar-refractivity contribution in [2.24, 2.45) is 12.1 Å². The first-order valence-corrected chi connectivity index (χ1v) is 7.17. The molecule has 0 radical (unpaired) electrons. The third-order valence-electron chi connectivity index (χ3n) is 2.60. The summed E-state index contributed by atoms with van der Waals surface area (Å²) in [6.45, 7) is 1.91. The second-order valence-electron chi connectivity index (χ2n) is 4.30. The summed E-state index contributed by atoms with van der Waals surface area (Å²) in [5.74, 6) is 0. The summed E-state index contributed by atoms with van der Waals surface area (Å²) in [7, 11) is 1.86. The van der Waals surface area contributed by atoms with E-state index in [1.54, 1.807) is 29.1 Å². The molecule has 2 aromatic rings. The van der Waals surface area contributed by atoms with Gasteiger partial charge >= 0.3 is 0 Å². The highest BCUT2D eigenvalue weighted by molar-refractivity contribution is 7.80. The fourth-order valence-corrected chi connectivity index (χ4v) is 2.11. The average molecular weight is 342 g/mol. The number of hydrazone groups is 1. The Hall–Kier alpha value is -1.63. The van der Waals surface area contributed by atoms with Gasteiger partial charge in [0.1, 0.15) is 0 Å². The number of aromatic nitrogens is 2. The minimum absolute atomic E-state index is 0.353. The lowest BCUT2D eigenvalue weighted by molar-refractivity contribution is 0.756. The molecule has 5 nitrogen and oxygen atoms in total. The number of aryl methyl sites for hydroxylation is 2. The molecule has 0 amide bonds. The molecule has 0 aliphatic carbocycles. The monoisotopic (exact) mass is 341 g/mol. The zero-order chi connectivity index (χ0) is 15.4. The molecule has 8 heteroatoms. The lowest BCUT2D eigenvalue weighted by Gasteiger charge is -2.07. The molecule has 110 valence electrons. The number of hydrogen-bond donors (Lipinski definition) is 2. The number of hydrogen-bond acceptors (Lipinski definition) is 3. The van der Waals surface area contributed by atoms with Crippen LogP contribution in [0.25, 0.3) is 0 Å². The van der Waals surface area contributed by atoms with E-state index in [4.69, 9.17) is 35.4 Å². The van der Waals surface area contributed by atoms with Crippen LogP contribution in [-0.2, 0) is 7.05 Å². The highest BCUT2D eigenvalue weighted by atomic mass is 35.5. The van der Waals surface area contributed by atoms with Gasteiger partial charge in [-0.3, -0.25) is 10.1 Å². The topological polar surface area (TPSA) is 54.2 Å². The van der Waals surface area contributed by atoms with E-state index in [1.165, 1.54) is 0 Å². The fraction of sp³-hybridized carbons (Fsp3) is 0.154. The summed E-state index contributed by atoms with van der Waals surface area (Å²) in [6.07, 6.45) is 3.53. The Morgan fingerprint density at radius 3 is 2.76 bits per heavy atom. The van der Waals surface area contributed by atoms with Crippen LogP contribution in [0.15, 0.2) is 29.5 Å². The molecule has 0 spiro atoms. The largest absolute Gasteiger partial charge is 0.331 e. The predicted molar refractivity (Wildman–Crippen MR) is 91.4 cm³/mol. The molecular weight excluding hydrogens is 329 g/mol. The van der Waals surface area contributed by atoms with Crippen LogP contribution in [0.1, 0.15) is 11.3 Å². The Balaban J connectivity index is 1.93. The molecule has 1 heterocycles. The standard InChI is InChI=1S/C13H13Cl2N5S/c1-8-9(7-20(2)19-8)6-16-18-13(21)17-10-3-4-11(14)12(15)5-10/h3-7H,1-2H3,(H2,17,18,21). The van der Waals surface area contributed by atoms with Gasteiger partial charge in [0.05, 0.1) is 22.0 Å². The van der Waals surface area contributed by atoms with E-state index in [-0.39, 0.29) is 0 Å². The molecule has 0 aliphatic rings. The molecule has 0 aliphatic heterocycles. The van der Waals surface area contributed by atoms with E-state index < -0.39 is 0 Å². The van der Waals surface area contributed by atoms with Crippen molar-refractivity contribution in [1.82, 2.24) is 15.2 Å². The van der Waals surface area contributed by atoms with Gasteiger partial charge in [0.25, 0.3) is 0 Å². The van der Waals surface area contributed by atoms with Crippen molar-refractivity contribution in [1.29, 1.82) is 0 Å². The van der Waals surface area contributed by atoms with E-state index in [1.807, 2.05) is 20.2 Å². The number of halogens is 2. The Kier molecular flexibility index (Phi) is 5.17. The molecular formula is C13H13Cl2N5S. The van der Waals surface area contributed by atoms with Crippen molar-refractivity contribution < 1.29 is 0 Å². The minimum atomic E-state index is 0.353. The highest BCUT2D eigenvalue weighted by Gasteiger charge is 2.02. The second kappa shape index (κ2) is 6.89. The van der Waals surface area contributed by atoms with Gasteiger partial charge in [0, 0.05) is 24.5 Å². The number of thiocarbonyl (C=S) groups is 1. The van der Waals surface area contributed by atoms with E-state index >= 15 is 0 Å². The zero-order valence-electron chi connectivity index (χ0n) is 11.4. The van der Waals surface area contributed by atoms with Crippen molar-refractivity contribution in [2.75, 3.05) is 5.32 Å². The summed E-state index contributed by atoms with van der Waals surface area (Å²) >= 11 is 16.9. The molecule has 0 saturated carbocycles. The van der Waals surface area contributed by atoms with Gasteiger partial charge in [0.15, 0.2) is 5.11 Å². The van der Waals surface area contributed by atoms with Gasteiger partial charge in [0.2, 0.25) is 0 Å². The molecule has 1 aromatic heterocycles. The zero-order valence-corrected chi connectivity index (χ0v) is 13.7. The molecule has 0 saturated heterocycles. The van der Waals surface area contributed by atoms with Crippen molar-refractivity contribution in [3.63, 3.8) is 0 Å². The Bertz CT molecular complexity index is 696. The van der Waals surface area contributed by atoms with Gasteiger partial charge in [-0.15, -0.1) is 0 Å². The molecule has 2 N–H and O–H groups in total. The fourth-order valence-electron chi connectivity index (χ4n) is 1.64. The average Bonchev–Trinajstić information content (AvgIpc) is 2.72. The molecule has 21 heavy (non-hydrogen) atoms. The van der Waals surface area contributed by atoms with E-state index in [0.29, 0.717) is 15.2 Å². The number of nitrogens with one attached hydrogen (secondary N) is 2. The van der Waals surface area contributed by atoms with Crippen LogP contribution in [-0.4, -0.2) is 21.1 Å². The molecule has 1 aromatic carbocycles. The lowest BCUT2D eigenvalue weighted by Crippen LogP contribution is -2.23. The number of benzene rings is 1. The summed E-state index contributed by atoms with van der Waals surface area (Å²) in [4.78, 5) is 0. The van der Waals surface area contributed by atoms with Crippen molar-refractivity contribution in [3.05, 3.63) is 45.7 Å². The normalized spacial score (nSPS) is 10.9. The van der Waals surface area contributed by atoms with Crippen molar-refractivity contribution in [2.45, 2.75) is 6.92 Å². The van der Waals surface area contributed by atoms with Crippen LogP contribution in [0.4, 0.5) is 5.69 Å². The lowest BCUT2D eigenvalue weighted by atomic mass is 10.3. The Morgan fingerprint density at radius 1 is 1.38 bits per heavy atom. The summed E-state index contributed by atoms with van der Waals surface area (Å²) in [5, 5.41) is 12.5. The smallest absolute Gasteiger partial charge is 0.191 e. The van der Waals surface area contributed by atoms with Crippen molar-refractivity contribution in [3.8, 4) is 0 Å². The maximum Gasteiger partial charge on any atom is 0.191 e. The van der Waals surface area contributed by atoms with Gasteiger partial charge in [-0.1, -0.05) is 23.2 Å².